The van der Waals surface area contributed by atoms with Gasteiger partial charge in [0.2, 0.25) is 82.7 Å². The summed E-state index contributed by atoms with van der Waals surface area (Å²) in [4.78, 5) is 340. The van der Waals surface area contributed by atoms with Crippen molar-refractivity contribution in [2.75, 3.05) is 40.1 Å². The van der Waals surface area contributed by atoms with E-state index in [0.29, 0.717) is 4.90 Å². The third-order valence-electron chi connectivity index (χ3n) is 23.6. The highest BCUT2D eigenvalue weighted by Crippen LogP contribution is 2.39. The Kier molecular flexibility index (Phi) is 21.8. The number of nitrogen functional groups attached to an aromatic ring is 7. The molecule has 49 nitrogen and oxygen atoms in total. The normalized spacial score (nSPS) is 23.2. The number of carbonyl (C=O) groups excluding carboxylic acids is 28. The van der Waals surface area contributed by atoms with Crippen molar-refractivity contribution in [1.82, 2.24) is 71.5 Å². The predicted molar refractivity (Wildman–Crippen MR) is 473 cm³/mol. The van der Waals surface area contributed by atoms with Crippen LogP contribution in [0.1, 0.15) is 251 Å². The Balaban J connectivity index is 0.000000132. The topological polar surface area (TPSA) is 767 Å². The number of imide groups is 14. The molecule has 7 atom stereocenters. The van der Waals surface area contributed by atoms with Crippen LogP contribution >= 0.6 is 0 Å². The number of piperidine rings is 7. The highest BCUT2D eigenvalue weighted by Gasteiger charge is 2.54. The Morgan fingerprint density at radius 3 is 0.686 bits per heavy atom. The fourth-order valence-corrected chi connectivity index (χ4v) is 17.0. The molecule has 0 aromatic heterocycles. The molecule has 140 heavy (non-hydrogen) atoms. The molecular weight excluding hydrogens is 1840 g/mol. The van der Waals surface area contributed by atoms with Crippen LogP contribution in [0.2, 0.25) is 0 Å². The van der Waals surface area contributed by atoms with Crippen molar-refractivity contribution in [2.24, 2.45) is 0 Å². The van der Waals surface area contributed by atoms with E-state index in [1.807, 2.05) is 5.32 Å². The fraction of sp³-hybridized carbons (Fsp3) is 0.231. The van der Waals surface area contributed by atoms with Crippen LogP contribution in [0.5, 0.6) is 0 Å². The standard InChI is InChI=1S/7C13H11N3O4/c7*14-7-3-1-2-6-10(7)13(20)16(12(6)19)8-4-5-9(17)15-11(8)18/h7*1-3,8H,4-5,14H2,(H,15,17,18)/i1D,2D,3D;2D,3D;1D,3D;1D,2D;3D;2D;1D. The van der Waals surface area contributed by atoms with Gasteiger partial charge in [-0.3, -0.25) is 206 Å². The van der Waals surface area contributed by atoms with Gasteiger partial charge in [0.1, 0.15) is 42.3 Å². The molecule has 21 N–H and O–H groups in total. The van der Waals surface area contributed by atoms with Gasteiger partial charge in [-0.25, -0.2) is 0 Å². The largest absolute Gasteiger partial charge is 0.398 e. The number of nitrogens with one attached hydrogen (secondary N) is 7. The lowest BCUT2D eigenvalue weighted by atomic mass is 10.0. The van der Waals surface area contributed by atoms with Crippen LogP contribution in [0, 0.1) is 0 Å². The maximum atomic E-state index is 12.5. The Hall–Kier alpha value is -18.9. The molecule has 14 aliphatic rings. The van der Waals surface area contributed by atoms with Crippen molar-refractivity contribution in [1.29, 1.82) is 0 Å². The third-order valence-corrected chi connectivity index (χ3v) is 23.6. The number of nitrogens with zero attached hydrogens (tertiary/aromatic N) is 7. The summed E-state index contributed by atoms with van der Waals surface area (Å²) in [5.74, 6) is -18.8. The first kappa shape index (κ1) is 80.7. The Bertz CT molecular complexity index is 7450. The number of carbonyl (C=O) groups is 28. The molecule has 7 aromatic rings. The maximum Gasteiger partial charge on any atom is 0.264 e. The molecule has 14 heterocycles. The van der Waals surface area contributed by atoms with Crippen molar-refractivity contribution in [2.45, 2.75) is 132 Å². The lowest BCUT2D eigenvalue weighted by Crippen LogP contribution is -2.54. The zero-order valence-electron chi connectivity index (χ0n) is 83.7. The summed E-state index contributed by atoms with van der Waals surface area (Å²) in [6.45, 7) is 0. The molecule has 7 saturated heterocycles. The number of benzene rings is 7. The van der Waals surface area contributed by atoms with Gasteiger partial charge in [0.25, 0.3) is 82.7 Å². The Morgan fingerprint density at radius 2 is 0.386 bits per heavy atom. The van der Waals surface area contributed by atoms with Crippen LogP contribution in [-0.4, -0.2) is 242 Å². The molecule has 21 rings (SSSR count). The smallest absolute Gasteiger partial charge is 0.264 e. The average molecular weight is 1920 g/mol. The zero-order chi connectivity index (χ0) is 112. The summed E-state index contributed by atoms with van der Waals surface area (Å²) in [5.41, 5.74) is 37.1. The zero-order valence-corrected chi connectivity index (χ0v) is 71.7. The first-order chi connectivity index (χ1) is 71.4. The van der Waals surface area contributed by atoms with Gasteiger partial charge in [0.15, 0.2) is 0 Å². The van der Waals surface area contributed by atoms with Crippen molar-refractivity contribution >= 4 is 205 Å². The highest BCUT2D eigenvalue weighted by molar-refractivity contribution is 6.32. The second kappa shape index (κ2) is 37.9. The van der Waals surface area contributed by atoms with E-state index >= 15 is 0 Å². The second-order valence-electron chi connectivity index (χ2n) is 32.1. The fourth-order valence-electron chi connectivity index (χ4n) is 17.0. The molecule has 7 aromatic carbocycles. The summed E-state index contributed by atoms with van der Waals surface area (Å²) in [6, 6.07) is -0.0212. The van der Waals surface area contributed by atoms with Gasteiger partial charge >= 0.3 is 0 Å². The van der Waals surface area contributed by atoms with Crippen LogP contribution in [0.4, 0.5) is 39.8 Å². The number of hydrogen-bond acceptors (Lipinski definition) is 35. The van der Waals surface area contributed by atoms with E-state index in [9.17, 15) is 134 Å². The van der Waals surface area contributed by atoms with Crippen molar-refractivity contribution < 1.29 is 151 Å². The summed E-state index contributed by atoms with van der Waals surface area (Å²) in [7, 11) is 0. The van der Waals surface area contributed by atoms with E-state index in [-0.39, 0.29) is 256 Å². The van der Waals surface area contributed by atoms with Gasteiger partial charge in [-0.1, -0.05) is 42.4 Å². The first-order valence-corrected chi connectivity index (χ1v) is 41.7. The summed E-state index contributed by atoms with van der Waals surface area (Å²) >= 11 is 0. The molecular formula is C91H77N21O28. The molecule has 0 aliphatic carbocycles. The monoisotopic (exact) mass is 1920 g/mol. The molecule has 714 valence electrons. The number of nitrogens with two attached hydrogens (primary N) is 7. The predicted octanol–water partition coefficient (Wildman–Crippen LogP) is -2.31. The van der Waals surface area contributed by atoms with Gasteiger partial charge in [-0.05, 0) is 130 Å². The van der Waals surface area contributed by atoms with Gasteiger partial charge in [0.05, 0.1) is 94.3 Å². The van der Waals surface area contributed by atoms with Gasteiger partial charge in [-0.15, -0.1) is 0 Å². The summed E-state index contributed by atoms with van der Waals surface area (Å²) < 4.78 is 91.9. The molecule has 0 spiro atoms. The lowest BCUT2D eigenvalue weighted by molar-refractivity contribution is -0.137. The molecule has 7 unspecified atom stereocenters. The number of anilines is 7. The maximum absolute atomic E-state index is 12.5. The Morgan fingerprint density at radius 1 is 0.193 bits per heavy atom. The summed E-state index contributed by atoms with van der Waals surface area (Å²) in [6.07, 6.45) is 0.493. The van der Waals surface area contributed by atoms with E-state index in [1.165, 1.54) is 36.4 Å². The van der Waals surface area contributed by atoms with E-state index in [0.717, 1.165) is 47.6 Å². The SMILES string of the molecule is [2H]c1c([2H])c(N)c2c(c1[2H])C(=O)N(C1CCC(=O)NC1=O)C2=O.[2H]c1cc(N)c2c(c1)C(=O)N(C1CCC(=O)NC1=O)C2=O.[2H]c1cc(N)c2c(c1[2H])C(=O)N(C1CCC(=O)NC1=O)C2=O.[2H]c1cc([2H])c2c(c1N)C(=O)N(C1CCC(=O)NC1=O)C2=O.[2H]c1cc2c(c(N)c1[2H])C(=O)N(C1CCC(=O)NC1=O)C2=O.[2H]c1ccc(N)c2c1C(=O)N(C1CCC(=O)NC1=O)C2=O.[2H]c1ccc2c(c1N)C(=O)N(C1CCC(=O)NC1=O)C2=O. The van der Waals surface area contributed by atoms with Crippen LogP contribution in [0.3, 0.4) is 0 Å². The van der Waals surface area contributed by atoms with Gasteiger partial charge in [-0.2, -0.15) is 0 Å². The quantitative estimate of drug-likeness (QED) is 0.0589. The summed E-state index contributed by atoms with van der Waals surface area (Å²) in [5, 5.41) is 14.6. The molecule has 0 saturated carbocycles. The van der Waals surface area contributed by atoms with Crippen molar-refractivity contribution in [3.05, 3.63) is 205 Å². The second-order valence-corrected chi connectivity index (χ2v) is 32.1. The minimum Gasteiger partial charge on any atom is -0.398 e. The van der Waals surface area contributed by atoms with Gasteiger partial charge < -0.3 is 40.1 Å². The minimum absolute atomic E-state index is 0.0106. The van der Waals surface area contributed by atoms with Gasteiger partial charge in [0, 0.05) is 84.8 Å². The van der Waals surface area contributed by atoms with E-state index in [1.54, 1.807) is 0 Å². The minimum atomic E-state index is -1.18. The molecule has 49 heteroatoms. The number of hydrogen-bond donors (Lipinski definition) is 14. The first-order valence-electron chi connectivity index (χ1n) is 47.7. The van der Waals surface area contributed by atoms with Crippen LogP contribution in [-0.2, 0) is 67.1 Å². The highest BCUT2D eigenvalue weighted by atomic mass is 16.2. The molecule has 0 radical (unpaired) electrons. The van der Waals surface area contributed by atoms with Crippen molar-refractivity contribution in [3.8, 4) is 0 Å². The third kappa shape index (κ3) is 17.3. The van der Waals surface area contributed by atoms with E-state index in [4.69, 9.17) is 56.6 Å². The molecule has 14 aliphatic heterocycles. The molecule has 28 amide bonds. The number of fused-ring (bicyclic) bond motifs is 7. The number of amides is 28. The van der Waals surface area contributed by atoms with Crippen LogP contribution < -0.4 is 77.4 Å². The Labute approximate surface area is 802 Å². The lowest BCUT2D eigenvalue weighted by Gasteiger charge is -2.27. The van der Waals surface area contributed by atoms with E-state index in [2.05, 4.69) is 31.9 Å². The molecule has 0 bridgehead atoms. The van der Waals surface area contributed by atoms with Crippen LogP contribution in [0.25, 0.3) is 0 Å². The number of rotatable bonds is 7. The molecule has 7 fully saturated rings. The van der Waals surface area contributed by atoms with Crippen molar-refractivity contribution in [3.63, 3.8) is 0 Å². The average Bonchev–Trinajstić information content (AvgIpc) is 1.58. The van der Waals surface area contributed by atoms with E-state index < -0.39 is 232 Å². The van der Waals surface area contributed by atoms with Crippen LogP contribution in [0.15, 0.2) is 127 Å².